The van der Waals surface area contributed by atoms with Crippen LogP contribution in [-0.4, -0.2) is 5.78 Å². The van der Waals surface area contributed by atoms with Crippen LogP contribution in [0, 0.1) is 6.92 Å². The quantitative estimate of drug-likeness (QED) is 0.651. The summed E-state index contributed by atoms with van der Waals surface area (Å²) in [6.45, 7) is 8.37. The fourth-order valence-corrected chi connectivity index (χ4v) is 2.36. The Labute approximate surface area is 90.7 Å². The second-order valence-corrected chi connectivity index (χ2v) is 5.38. The minimum absolute atomic E-state index is 0.0122. The molecule has 0 atom stereocenters. The molecule has 1 heterocycles. The second kappa shape index (κ2) is 3.22. The zero-order valence-electron chi connectivity index (χ0n) is 9.94. The van der Waals surface area contributed by atoms with Gasteiger partial charge in [-0.05, 0) is 13.3 Å². The van der Waals surface area contributed by atoms with Crippen LogP contribution in [0.5, 0.6) is 0 Å². The molecule has 1 aliphatic carbocycles. The summed E-state index contributed by atoms with van der Waals surface area (Å²) in [7, 11) is 0. The van der Waals surface area contributed by atoms with Crippen LogP contribution in [0.1, 0.15) is 61.1 Å². The Bertz CT molecular complexity index is 405. The Morgan fingerprint density at radius 2 is 1.87 bits per heavy atom. The van der Waals surface area contributed by atoms with Crippen LogP contribution in [-0.2, 0) is 11.8 Å². The van der Waals surface area contributed by atoms with Gasteiger partial charge in [-0.3, -0.25) is 4.79 Å². The van der Waals surface area contributed by atoms with E-state index in [1.807, 2.05) is 6.92 Å². The predicted octanol–water partition coefficient (Wildman–Crippen LogP) is 3.40. The molecule has 1 aromatic rings. The molecule has 0 spiro atoms. The van der Waals surface area contributed by atoms with E-state index in [1.165, 1.54) is 0 Å². The first-order chi connectivity index (χ1) is 6.91. The summed E-state index contributed by atoms with van der Waals surface area (Å²) in [5, 5.41) is 0. The number of ketones is 1. The van der Waals surface area contributed by atoms with E-state index in [0.717, 1.165) is 35.5 Å². The number of furan rings is 1. The first kappa shape index (κ1) is 10.5. The van der Waals surface area contributed by atoms with Crippen molar-refractivity contribution in [1.82, 2.24) is 0 Å². The molecule has 2 heteroatoms. The van der Waals surface area contributed by atoms with E-state index >= 15 is 0 Å². The van der Waals surface area contributed by atoms with Crippen molar-refractivity contribution >= 4 is 5.78 Å². The average Bonchev–Trinajstić information content (AvgIpc) is 2.44. The van der Waals surface area contributed by atoms with Gasteiger partial charge in [0.15, 0.2) is 5.78 Å². The molecule has 1 aliphatic rings. The third-order valence-corrected chi connectivity index (χ3v) is 2.99. The molecular weight excluding hydrogens is 188 g/mol. The normalized spacial score (nSPS) is 16.7. The summed E-state index contributed by atoms with van der Waals surface area (Å²) in [6.07, 6.45) is 2.53. The van der Waals surface area contributed by atoms with Crippen molar-refractivity contribution in [3.8, 4) is 0 Å². The largest absolute Gasteiger partial charge is 0.464 e. The van der Waals surface area contributed by atoms with Crippen LogP contribution < -0.4 is 0 Å². The number of Topliss-reactive ketones (excluding diaryl/α,β-unsaturated/α-hetero) is 1. The number of hydrogen-bond donors (Lipinski definition) is 0. The average molecular weight is 206 g/mol. The Morgan fingerprint density at radius 1 is 1.20 bits per heavy atom. The number of aryl methyl sites for hydroxylation is 1. The zero-order chi connectivity index (χ0) is 11.2. The summed E-state index contributed by atoms with van der Waals surface area (Å²) in [5.41, 5.74) is 1.91. The summed E-state index contributed by atoms with van der Waals surface area (Å²) in [5.74, 6) is 2.14. The van der Waals surface area contributed by atoms with Crippen LogP contribution in [0.2, 0.25) is 0 Å². The number of carbonyl (C=O) groups excluding carboxylic acids is 1. The van der Waals surface area contributed by atoms with E-state index in [0.29, 0.717) is 6.42 Å². The molecule has 2 rings (SSSR count). The maximum atomic E-state index is 11.8. The molecule has 0 N–H and O–H groups in total. The molecule has 0 saturated carbocycles. The molecule has 1 aromatic heterocycles. The van der Waals surface area contributed by atoms with E-state index in [-0.39, 0.29) is 11.2 Å². The first-order valence-electron chi connectivity index (χ1n) is 5.57. The van der Waals surface area contributed by atoms with Crippen LogP contribution >= 0.6 is 0 Å². The molecule has 0 aromatic carbocycles. The lowest BCUT2D eigenvalue weighted by molar-refractivity contribution is 0.0969. The SMILES string of the molecule is Cc1c(C(C)(C)C)oc2c1C(=O)CCC2. The minimum Gasteiger partial charge on any atom is -0.464 e. The molecule has 82 valence electrons. The molecule has 0 radical (unpaired) electrons. The minimum atomic E-state index is -0.0122. The standard InChI is InChI=1S/C13H18O2/c1-8-11-9(14)6-5-7-10(11)15-12(8)13(2,3)4/h5-7H2,1-4H3. The van der Waals surface area contributed by atoms with Gasteiger partial charge in [0.2, 0.25) is 0 Å². The molecule has 0 aliphatic heterocycles. The maximum absolute atomic E-state index is 11.8. The fraction of sp³-hybridized carbons (Fsp3) is 0.615. The maximum Gasteiger partial charge on any atom is 0.166 e. The molecule has 0 fully saturated rings. The van der Waals surface area contributed by atoms with Gasteiger partial charge in [0.1, 0.15) is 11.5 Å². The van der Waals surface area contributed by atoms with Crippen molar-refractivity contribution in [2.75, 3.05) is 0 Å². The van der Waals surface area contributed by atoms with Gasteiger partial charge in [0.25, 0.3) is 0 Å². The Hall–Kier alpha value is -1.05. The highest BCUT2D eigenvalue weighted by Crippen LogP contribution is 2.35. The van der Waals surface area contributed by atoms with Gasteiger partial charge < -0.3 is 4.42 Å². The van der Waals surface area contributed by atoms with Crippen molar-refractivity contribution in [1.29, 1.82) is 0 Å². The number of rotatable bonds is 0. The Balaban J connectivity index is 2.58. The van der Waals surface area contributed by atoms with Crippen molar-refractivity contribution in [3.63, 3.8) is 0 Å². The molecule has 0 saturated heterocycles. The molecular formula is C13H18O2. The van der Waals surface area contributed by atoms with Crippen molar-refractivity contribution < 1.29 is 9.21 Å². The van der Waals surface area contributed by atoms with Gasteiger partial charge in [-0.1, -0.05) is 20.8 Å². The third kappa shape index (κ3) is 1.62. The van der Waals surface area contributed by atoms with Gasteiger partial charge in [-0.25, -0.2) is 0 Å². The number of carbonyl (C=O) groups is 1. The topological polar surface area (TPSA) is 30.2 Å². The summed E-state index contributed by atoms with van der Waals surface area (Å²) in [6, 6.07) is 0. The fourth-order valence-electron chi connectivity index (χ4n) is 2.36. The summed E-state index contributed by atoms with van der Waals surface area (Å²) >= 11 is 0. The van der Waals surface area contributed by atoms with Gasteiger partial charge in [0.05, 0.1) is 5.56 Å². The molecule has 0 amide bonds. The highest BCUT2D eigenvalue weighted by Gasteiger charge is 2.30. The van der Waals surface area contributed by atoms with Crippen molar-refractivity contribution in [3.05, 3.63) is 22.6 Å². The zero-order valence-corrected chi connectivity index (χ0v) is 9.94. The molecule has 0 unspecified atom stereocenters. The lowest BCUT2D eigenvalue weighted by atomic mass is 9.87. The Morgan fingerprint density at radius 3 is 2.40 bits per heavy atom. The lowest BCUT2D eigenvalue weighted by Gasteiger charge is -2.16. The van der Waals surface area contributed by atoms with Crippen LogP contribution in [0.4, 0.5) is 0 Å². The Kier molecular flexibility index (Phi) is 2.25. The third-order valence-electron chi connectivity index (χ3n) is 2.99. The van der Waals surface area contributed by atoms with Gasteiger partial charge >= 0.3 is 0 Å². The van der Waals surface area contributed by atoms with Crippen molar-refractivity contribution in [2.24, 2.45) is 0 Å². The first-order valence-corrected chi connectivity index (χ1v) is 5.57. The smallest absolute Gasteiger partial charge is 0.166 e. The van der Waals surface area contributed by atoms with Gasteiger partial charge in [0, 0.05) is 23.8 Å². The predicted molar refractivity (Wildman–Crippen MR) is 59.4 cm³/mol. The molecule has 0 bridgehead atoms. The van der Waals surface area contributed by atoms with E-state index in [4.69, 9.17) is 4.42 Å². The van der Waals surface area contributed by atoms with E-state index in [1.54, 1.807) is 0 Å². The number of hydrogen-bond acceptors (Lipinski definition) is 2. The second-order valence-electron chi connectivity index (χ2n) is 5.38. The van der Waals surface area contributed by atoms with Crippen molar-refractivity contribution in [2.45, 2.75) is 52.4 Å². The molecule has 15 heavy (non-hydrogen) atoms. The number of fused-ring (bicyclic) bond motifs is 1. The monoisotopic (exact) mass is 206 g/mol. The van der Waals surface area contributed by atoms with Gasteiger partial charge in [-0.2, -0.15) is 0 Å². The van der Waals surface area contributed by atoms with Crippen LogP contribution in [0.15, 0.2) is 4.42 Å². The summed E-state index contributed by atoms with van der Waals surface area (Å²) < 4.78 is 5.85. The van der Waals surface area contributed by atoms with E-state index < -0.39 is 0 Å². The van der Waals surface area contributed by atoms with Gasteiger partial charge in [-0.15, -0.1) is 0 Å². The highest BCUT2D eigenvalue weighted by molar-refractivity contribution is 5.99. The summed E-state index contributed by atoms with van der Waals surface area (Å²) in [4.78, 5) is 11.8. The highest BCUT2D eigenvalue weighted by atomic mass is 16.3. The van der Waals surface area contributed by atoms with E-state index in [2.05, 4.69) is 20.8 Å². The van der Waals surface area contributed by atoms with Crippen LogP contribution in [0.25, 0.3) is 0 Å². The lowest BCUT2D eigenvalue weighted by Crippen LogP contribution is -2.12. The molecule has 2 nitrogen and oxygen atoms in total. The van der Waals surface area contributed by atoms with Crippen LogP contribution in [0.3, 0.4) is 0 Å². The van der Waals surface area contributed by atoms with E-state index in [9.17, 15) is 4.79 Å².